The summed E-state index contributed by atoms with van der Waals surface area (Å²) in [5, 5.41) is 0. The summed E-state index contributed by atoms with van der Waals surface area (Å²) in [5.41, 5.74) is 0.407. The van der Waals surface area contributed by atoms with Gasteiger partial charge in [-0.15, -0.1) is 0 Å². The smallest absolute Gasteiger partial charge is 0.0178 e. The zero-order valence-corrected chi connectivity index (χ0v) is 10.4. The van der Waals surface area contributed by atoms with Crippen molar-refractivity contribution in [2.45, 2.75) is 59.4 Å². The minimum atomic E-state index is 0.407. The average Bonchev–Trinajstić information content (AvgIpc) is 2.15. The summed E-state index contributed by atoms with van der Waals surface area (Å²) >= 11 is 0. The maximum Gasteiger partial charge on any atom is 0.0178 e. The molecule has 2 unspecified atom stereocenters. The van der Waals surface area contributed by atoms with Gasteiger partial charge in [0.15, 0.2) is 0 Å². The average molecular weight is 185 g/mol. The number of hydrogen-bond acceptors (Lipinski definition) is 1. The summed E-state index contributed by atoms with van der Waals surface area (Å²) in [7, 11) is 2.24. The first-order valence-corrected chi connectivity index (χ1v) is 5.71. The molecular formula is C12H27N. The second-order valence-corrected chi connectivity index (χ2v) is 4.58. The van der Waals surface area contributed by atoms with Gasteiger partial charge in [-0.2, -0.15) is 0 Å². The number of rotatable bonds is 6. The van der Waals surface area contributed by atoms with Crippen molar-refractivity contribution in [3.8, 4) is 0 Å². The minimum Gasteiger partial charge on any atom is -0.301 e. The molecule has 80 valence electrons. The molecular weight excluding hydrogens is 158 g/mol. The molecule has 1 nitrogen and oxygen atoms in total. The van der Waals surface area contributed by atoms with Gasteiger partial charge in [0, 0.05) is 5.54 Å². The summed E-state index contributed by atoms with van der Waals surface area (Å²) in [5.74, 6) is 0.846. The van der Waals surface area contributed by atoms with Crippen molar-refractivity contribution >= 4 is 0 Å². The van der Waals surface area contributed by atoms with E-state index in [0.717, 1.165) is 12.5 Å². The Kier molecular flexibility index (Phi) is 5.62. The van der Waals surface area contributed by atoms with Gasteiger partial charge >= 0.3 is 0 Å². The molecule has 2 atom stereocenters. The number of nitrogens with zero attached hydrogens (tertiary/aromatic N) is 1. The molecule has 0 bridgehead atoms. The van der Waals surface area contributed by atoms with Crippen molar-refractivity contribution in [1.82, 2.24) is 4.90 Å². The first-order chi connectivity index (χ1) is 6.00. The molecule has 0 aliphatic heterocycles. The van der Waals surface area contributed by atoms with E-state index in [9.17, 15) is 0 Å². The molecule has 0 heterocycles. The summed E-state index contributed by atoms with van der Waals surface area (Å²) in [6.07, 6.45) is 3.87. The van der Waals surface area contributed by atoms with Gasteiger partial charge in [0.05, 0.1) is 0 Å². The van der Waals surface area contributed by atoms with E-state index in [2.05, 4.69) is 46.6 Å². The first-order valence-electron chi connectivity index (χ1n) is 5.71. The van der Waals surface area contributed by atoms with Crippen LogP contribution in [0.5, 0.6) is 0 Å². The molecule has 0 rings (SSSR count). The van der Waals surface area contributed by atoms with E-state index in [1.54, 1.807) is 0 Å². The van der Waals surface area contributed by atoms with Crippen molar-refractivity contribution in [3.05, 3.63) is 0 Å². The van der Waals surface area contributed by atoms with Gasteiger partial charge in [0.25, 0.3) is 0 Å². The van der Waals surface area contributed by atoms with Gasteiger partial charge in [-0.25, -0.2) is 0 Å². The molecule has 0 spiro atoms. The van der Waals surface area contributed by atoms with Crippen LogP contribution in [0.3, 0.4) is 0 Å². The molecule has 0 N–H and O–H groups in total. The predicted octanol–water partition coefficient (Wildman–Crippen LogP) is 3.54. The molecule has 0 fully saturated rings. The zero-order valence-electron chi connectivity index (χ0n) is 10.4. The first kappa shape index (κ1) is 13.0. The Morgan fingerprint density at radius 3 is 2.08 bits per heavy atom. The SMILES string of the molecule is CCC(C)CC(C)(CC)N(C)CC. The van der Waals surface area contributed by atoms with Gasteiger partial charge < -0.3 is 4.90 Å². The maximum atomic E-state index is 2.49. The lowest BCUT2D eigenvalue weighted by Crippen LogP contribution is -2.44. The van der Waals surface area contributed by atoms with Crippen LogP contribution in [0.15, 0.2) is 0 Å². The Labute approximate surface area is 84.5 Å². The summed E-state index contributed by atoms with van der Waals surface area (Å²) in [4.78, 5) is 2.49. The third-order valence-corrected chi connectivity index (χ3v) is 3.64. The molecule has 0 saturated heterocycles. The van der Waals surface area contributed by atoms with Crippen LogP contribution in [0.4, 0.5) is 0 Å². The lowest BCUT2D eigenvalue weighted by atomic mass is 9.85. The van der Waals surface area contributed by atoms with E-state index >= 15 is 0 Å². The van der Waals surface area contributed by atoms with E-state index in [4.69, 9.17) is 0 Å². The van der Waals surface area contributed by atoms with E-state index in [-0.39, 0.29) is 0 Å². The van der Waals surface area contributed by atoms with Gasteiger partial charge in [-0.1, -0.05) is 34.1 Å². The van der Waals surface area contributed by atoms with Crippen LogP contribution in [0, 0.1) is 5.92 Å². The fourth-order valence-electron chi connectivity index (χ4n) is 1.85. The van der Waals surface area contributed by atoms with Gasteiger partial charge in [-0.05, 0) is 39.3 Å². The molecule has 0 saturated carbocycles. The largest absolute Gasteiger partial charge is 0.301 e. The molecule has 1 heteroatoms. The van der Waals surface area contributed by atoms with Crippen LogP contribution in [0.1, 0.15) is 53.9 Å². The third kappa shape index (κ3) is 3.68. The zero-order chi connectivity index (χ0) is 10.5. The predicted molar refractivity (Wildman–Crippen MR) is 61.1 cm³/mol. The molecule has 0 aromatic heterocycles. The molecule has 0 aliphatic carbocycles. The van der Waals surface area contributed by atoms with Gasteiger partial charge in [0.1, 0.15) is 0 Å². The summed E-state index contributed by atoms with van der Waals surface area (Å²) in [6, 6.07) is 0. The Hall–Kier alpha value is -0.0400. The lowest BCUT2D eigenvalue weighted by Gasteiger charge is -2.39. The topological polar surface area (TPSA) is 3.24 Å². The molecule has 0 radical (unpaired) electrons. The standard InChI is InChI=1S/C12H27N/c1-7-11(4)10-12(5,8-2)13(6)9-3/h11H,7-10H2,1-6H3. The maximum absolute atomic E-state index is 2.49. The van der Waals surface area contributed by atoms with Crippen molar-refractivity contribution in [3.63, 3.8) is 0 Å². The number of hydrogen-bond donors (Lipinski definition) is 0. The molecule has 0 aliphatic rings. The molecule has 0 amide bonds. The summed E-state index contributed by atoms with van der Waals surface area (Å²) in [6.45, 7) is 12.7. The van der Waals surface area contributed by atoms with Crippen molar-refractivity contribution in [1.29, 1.82) is 0 Å². The lowest BCUT2D eigenvalue weighted by molar-refractivity contribution is 0.109. The van der Waals surface area contributed by atoms with Crippen LogP contribution in [0.2, 0.25) is 0 Å². The van der Waals surface area contributed by atoms with Crippen LogP contribution >= 0.6 is 0 Å². The van der Waals surface area contributed by atoms with E-state index in [1.807, 2.05) is 0 Å². The second-order valence-electron chi connectivity index (χ2n) is 4.58. The van der Waals surface area contributed by atoms with E-state index in [0.29, 0.717) is 5.54 Å². The highest BCUT2D eigenvalue weighted by Crippen LogP contribution is 2.27. The van der Waals surface area contributed by atoms with E-state index in [1.165, 1.54) is 19.3 Å². The third-order valence-electron chi connectivity index (χ3n) is 3.64. The van der Waals surface area contributed by atoms with Crippen LogP contribution in [-0.2, 0) is 0 Å². The summed E-state index contributed by atoms with van der Waals surface area (Å²) < 4.78 is 0. The highest BCUT2D eigenvalue weighted by molar-refractivity contribution is 4.83. The highest BCUT2D eigenvalue weighted by Gasteiger charge is 2.27. The van der Waals surface area contributed by atoms with E-state index < -0.39 is 0 Å². The van der Waals surface area contributed by atoms with Crippen molar-refractivity contribution < 1.29 is 0 Å². The Morgan fingerprint density at radius 1 is 1.23 bits per heavy atom. The van der Waals surface area contributed by atoms with Gasteiger partial charge in [0.2, 0.25) is 0 Å². The molecule has 13 heavy (non-hydrogen) atoms. The van der Waals surface area contributed by atoms with Crippen LogP contribution in [-0.4, -0.2) is 24.0 Å². The van der Waals surface area contributed by atoms with Crippen LogP contribution in [0.25, 0.3) is 0 Å². The van der Waals surface area contributed by atoms with Crippen molar-refractivity contribution in [2.75, 3.05) is 13.6 Å². The monoisotopic (exact) mass is 185 g/mol. The minimum absolute atomic E-state index is 0.407. The highest BCUT2D eigenvalue weighted by atomic mass is 15.2. The second kappa shape index (κ2) is 5.64. The normalized spacial score (nSPS) is 18.7. The molecule has 0 aromatic rings. The quantitative estimate of drug-likeness (QED) is 0.612. The Morgan fingerprint density at radius 2 is 1.77 bits per heavy atom. The van der Waals surface area contributed by atoms with Crippen molar-refractivity contribution in [2.24, 2.45) is 5.92 Å². The fraction of sp³-hybridized carbons (Fsp3) is 1.00. The van der Waals surface area contributed by atoms with Gasteiger partial charge in [-0.3, -0.25) is 0 Å². The fourth-order valence-corrected chi connectivity index (χ4v) is 1.85. The van der Waals surface area contributed by atoms with Crippen LogP contribution < -0.4 is 0 Å². The Bertz CT molecular complexity index is 133. The Balaban J connectivity index is 4.26. The molecule has 0 aromatic carbocycles.